The third kappa shape index (κ3) is 2.58. The molecule has 0 saturated heterocycles. The highest BCUT2D eigenvalue weighted by atomic mass is 19.4. The van der Waals surface area contributed by atoms with Crippen molar-refractivity contribution in [3.05, 3.63) is 41.7 Å². The molecule has 2 heterocycles. The van der Waals surface area contributed by atoms with Crippen LogP contribution in [-0.4, -0.2) is 20.0 Å². The van der Waals surface area contributed by atoms with E-state index in [2.05, 4.69) is 15.2 Å². The van der Waals surface area contributed by atoms with Crippen LogP contribution in [0.25, 0.3) is 0 Å². The third-order valence-corrected chi connectivity index (χ3v) is 1.99. The molecular formula is C9H6F4N4. The van der Waals surface area contributed by atoms with Gasteiger partial charge < -0.3 is 0 Å². The van der Waals surface area contributed by atoms with Crippen molar-refractivity contribution in [2.75, 3.05) is 0 Å². The summed E-state index contributed by atoms with van der Waals surface area (Å²) in [5.41, 5.74) is -1.21. The molecule has 4 nitrogen and oxygen atoms in total. The van der Waals surface area contributed by atoms with E-state index in [1.54, 1.807) is 0 Å². The highest BCUT2D eigenvalue weighted by Crippen LogP contribution is 2.31. The summed E-state index contributed by atoms with van der Waals surface area (Å²) >= 11 is 0. The maximum Gasteiger partial charge on any atom is 0.420 e. The molecule has 0 radical (unpaired) electrons. The number of hydrogen-bond donors (Lipinski definition) is 0. The first kappa shape index (κ1) is 11.5. The van der Waals surface area contributed by atoms with E-state index in [1.165, 1.54) is 17.2 Å². The van der Waals surface area contributed by atoms with E-state index in [9.17, 15) is 17.6 Å². The Bertz CT molecular complexity index is 506. The van der Waals surface area contributed by atoms with E-state index in [-0.39, 0.29) is 12.1 Å². The van der Waals surface area contributed by atoms with Crippen molar-refractivity contribution in [1.29, 1.82) is 0 Å². The van der Waals surface area contributed by atoms with Gasteiger partial charge in [0.2, 0.25) is 5.95 Å². The van der Waals surface area contributed by atoms with Gasteiger partial charge in [0, 0.05) is 6.20 Å². The monoisotopic (exact) mass is 246 g/mol. The van der Waals surface area contributed by atoms with Crippen LogP contribution in [0.2, 0.25) is 0 Å². The van der Waals surface area contributed by atoms with Gasteiger partial charge in [-0.3, -0.25) is 0 Å². The maximum absolute atomic E-state index is 12.9. The molecule has 90 valence electrons. The van der Waals surface area contributed by atoms with Crippen molar-refractivity contribution >= 4 is 0 Å². The highest BCUT2D eigenvalue weighted by molar-refractivity contribution is 5.22. The third-order valence-electron chi connectivity index (χ3n) is 1.99. The Morgan fingerprint density at radius 1 is 1.18 bits per heavy atom. The van der Waals surface area contributed by atoms with Gasteiger partial charge in [0.25, 0.3) is 0 Å². The van der Waals surface area contributed by atoms with Gasteiger partial charge in [-0.15, -0.1) is 0 Å². The summed E-state index contributed by atoms with van der Waals surface area (Å²) in [5.74, 6) is -1.53. The van der Waals surface area contributed by atoms with Crippen LogP contribution < -0.4 is 0 Å². The Labute approximate surface area is 92.9 Å². The first-order chi connectivity index (χ1) is 7.97. The van der Waals surface area contributed by atoms with Crippen molar-refractivity contribution in [2.45, 2.75) is 12.7 Å². The standard InChI is InChI=1S/C9H6F4N4/c10-8-7(9(11,12)13)3-6(4-14-8)5-17-15-1-2-16-17/h1-4H,5H2. The maximum atomic E-state index is 12.9. The second-order valence-electron chi connectivity index (χ2n) is 3.24. The predicted molar refractivity (Wildman–Crippen MR) is 48.3 cm³/mol. The largest absolute Gasteiger partial charge is 0.420 e. The summed E-state index contributed by atoms with van der Waals surface area (Å²) < 4.78 is 50.0. The fourth-order valence-electron chi connectivity index (χ4n) is 1.26. The first-order valence-corrected chi connectivity index (χ1v) is 4.52. The Kier molecular flexibility index (Phi) is 2.78. The van der Waals surface area contributed by atoms with Crippen LogP contribution in [0.1, 0.15) is 11.1 Å². The SMILES string of the molecule is Fc1ncc(Cn2nccn2)cc1C(F)(F)F. The van der Waals surface area contributed by atoms with Gasteiger partial charge in [0.15, 0.2) is 0 Å². The van der Waals surface area contributed by atoms with Crippen LogP contribution in [0, 0.1) is 5.95 Å². The Morgan fingerprint density at radius 3 is 2.41 bits per heavy atom. The number of halogens is 4. The normalized spacial score (nSPS) is 11.8. The van der Waals surface area contributed by atoms with Crippen LogP contribution in [-0.2, 0) is 12.7 Å². The first-order valence-electron chi connectivity index (χ1n) is 4.52. The van der Waals surface area contributed by atoms with Gasteiger partial charge in [-0.2, -0.15) is 32.6 Å². The van der Waals surface area contributed by atoms with Gasteiger partial charge >= 0.3 is 6.18 Å². The van der Waals surface area contributed by atoms with Crippen LogP contribution in [0.15, 0.2) is 24.7 Å². The molecule has 0 bridgehead atoms. The molecule has 0 aromatic carbocycles. The zero-order chi connectivity index (χ0) is 12.5. The van der Waals surface area contributed by atoms with Crippen LogP contribution in [0.4, 0.5) is 17.6 Å². The molecule has 0 N–H and O–H groups in total. The average Bonchev–Trinajstić information content (AvgIpc) is 2.72. The van der Waals surface area contributed by atoms with E-state index in [4.69, 9.17) is 0 Å². The number of alkyl halides is 3. The summed E-state index contributed by atoms with van der Waals surface area (Å²) in [7, 11) is 0. The smallest absolute Gasteiger partial charge is 0.227 e. The molecule has 2 rings (SSSR count). The number of nitrogens with zero attached hydrogens (tertiary/aromatic N) is 4. The number of hydrogen-bond acceptors (Lipinski definition) is 3. The van der Waals surface area contributed by atoms with E-state index in [0.717, 1.165) is 6.20 Å². The molecule has 0 unspecified atom stereocenters. The van der Waals surface area contributed by atoms with E-state index >= 15 is 0 Å². The van der Waals surface area contributed by atoms with Crippen molar-refractivity contribution in [1.82, 2.24) is 20.0 Å². The van der Waals surface area contributed by atoms with Crippen LogP contribution >= 0.6 is 0 Å². The average molecular weight is 246 g/mol. The molecular weight excluding hydrogens is 240 g/mol. The molecule has 2 aromatic heterocycles. The Morgan fingerprint density at radius 2 is 1.82 bits per heavy atom. The lowest BCUT2D eigenvalue weighted by molar-refractivity contribution is -0.140. The molecule has 0 amide bonds. The molecule has 0 fully saturated rings. The number of rotatable bonds is 2. The fourth-order valence-corrected chi connectivity index (χ4v) is 1.26. The number of pyridine rings is 1. The lowest BCUT2D eigenvalue weighted by atomic mass is 10.2. The fraction of sp³-hybridized carbons (Fsp3) is 0.222. The molecule has 0 saturated carbocycles. The molecule has 0 aliphatic carbocycles. The van der Waals surface area contributed by atoms with Gasteiger partial charge in [-0.05, 0) is 11.6 Å². The van der Waals surface area contributed by atoms with Gasteiger partial charge in [-0.25, -0.2) is 4.98 Å². The lowest BCUT2D eigenvalue weighted by Crippen LogP contribution is -2.12. The van der Waals surface area contributed by atoms with Gasteiger partial charge in [0.1, 0.15) is 5.56 Å². The van der Waals surface area contributed by atoms with Crippen molar-refractivity contribution in [3.63, 3.8) is 0 Å². The van der Waals surface area contributed by atoms with E-state index in [0.29, 0.717) is 6.07 Å². The molecule has 0 atom stereocenters. The topological polar surface area (TPSA) is 43.6 Å². The lowest BCUT2D eigenvalue weighted by Gasteiger charge is -2.08. The quantitative estimate of drug-likeness (QED) is 0.600. The van der Waals surface area contributed by atoms with Crippen LogP contribution in [0.5, 0.6) is 0 Å². The summed E-state index contributed by atoms with van der Waals surface area (Å²) in [4.78, 5) is 4.25. The molecule has 8 heteroatoms. The van der Waals surface area contributed by atoms with Crippen LogP contribution in [0.3, 0.4) is 0 Å². The molecule has 0 aliphatic rings. The predicted octanol–water partition coefficient (Wildman–Crippen LogP) is 1.88. The molecule has 0 aliphatic heterocycles. The van der Waals surface area contributed by atoms with Gasteiger partial charge in [0.05, 0.1) is 18.9 Å². The molecule has 2 aromatic rings. The second-order valence-corrected chi connectivity index (χ2v) is 3.24. The second kappa shape index (κ2) is 4.11. The number of aromatic nitrogens is 4. The Balaban J connectivity index is 2.31. The minimum atomic E-state index is -4.76. The highest BCUT2D eigenvalue weighted by Gasteiger charge is 2.35. The van der Waals surface area contributed by atoms with Gasteiger partial charge in [-0.1, -0.05) is 0 Å². The van der Waals surface area contributed by atoms with Crippen molar-refractivity contribution in [3.8, 4) is 0 Å². The summed E-state index contributed by atoms with van der Waals surface area (Å²) in [6, 6.07) is 0.700. The summed E-state index contributed by atoms with van der Waals surface area (Å²) in [5, 5.41) is 7.46. The Hall–Kier alpha value is -1.99. The zero-order valence-corrected chi connectivity index (χ0v) is 8.32. The molecule has 17 heavy (non-hydrogen) atoms. The minimum absolute atomic E-state index is 0.00333. The zero-order valence-electron chi connectivity index (χ0n) is 8.32. The van der Waals surface area contributed by atoms with Crippen molar-refractivity contribution < 1.29 is 17.6 Å². The summed E-state index contributed by atoms with van der Waals surface area (Å²) in [6.07, 6.45) is -0.957. The minimum Gasteiger partial charge on any atom is -0.227 e. The van der Waals surface area contributed by atoms with E-state index in [1.807, 2.05) is 0 Å². The summed E-state index contributed by atoms with van der Waals surface area (Å²) in [6.45, 7) is 0.00333. The van der Waals surface area contributed by atoms with Crippen molar-refractivity contribution in [2.24, 2.45) is 0 Å². The van der Waals surface area contributed by atoms with E-state index < -0.39 is 17.7 Å². The molecule has 0 spiro atoms.